The molecule has 0 amide bonds. The quantitative estimate of drug-likeness (QED) is 0.194. The van der Waals surface area contributed by atoms with Crippen LogP contribution in [0.2, 0.25) is 0 Å². The number of furan rings is 1. The minimum Gasteiger partial charge on any atom is -0.460 e. The van der Waals surface area contributed by atoms with E-state index in [1.165, 1.54) is 27.3 Å². The summed E-state index contributed by atoms with van der Waals surface area (Å²) in [6.07, 6.45) is 3.59. The van der Waals surface area contributed by atoms with Crippen LogP contribution in [0.3, 0.4) is 0 Å². The van der Waals surface area contributed by atoms with Crippen LogP contribution >= 0.6 is 0 Å². The molecular weight excluding hydrogens is 601 g/mol. The summed E-state index contributed by atoms with van der Waals surface area (Å²) in [6.45, 7) is 0. The van der Waals surface area contributed by atoms with Crippen LogP contribution in [0.15, 0.2) is 150 Å². The lowest BCUT2D eigenvalue weighted by Gasteiger charge is -2.13. The molecule has 0 aliphatic heterocycles. The Bertz CT molecular complexity index is 2720. The molecule has 0 saturated carbocycles. The zero-order chi connectivity index (χ0) is 32.3. The Morgan fingerprint density at radius 2 is 1.14 bits per heavy atom. The van der Waals surface area contributed by atoms with Gasteiger partial charge in [0.1, 0.15) is 11.3 Å². The average molecular weight is 629 g/mol. The molecule has 49 heavy (non-hydrogen) atoms. The highest BCUT2D eigenvalue weighted by atomic mass is 16.3. The number of aromatic nitrogens is 4. The van der Waals surface area contributed by atoms with E-state index in [-0.39, 0.29) is 0 Å². The summed E-state index contributed by atoms with van der Waals surface area (Å²) in [5.74, 6) is 2.76. The molecule has 0 spiro atoms. The maximum Gasteiger partial charge on any atom is 0.167 e. The first-order valence-electron chi connectivity index (χ1n) is 16.6. The standard InChI is InChI=1S/C44H28N4O/c1-2-10-32-26-33(22-17-27(32)8-1)43-46-42(31-20-18-29(19-21-31)35-14-5-11-28-9-3-4-13-34(28)35)47-44(48-43)37-16-6-15-36-39-38(49-41(36)37)24-23-30-12-7-25-45-40(30)39/h1-22,25-26H,23-24H2. The fourth-order valence-electron chi connectivity index (χ4n) is 7.25. The molecule has 0 N–H and O–H groups in total. The van der Waals surface area contributed by atoms with Crippen LogP contribution in [-0.4, -0.2) is 19.9 Å². The van der Waals surface area contributed by atoms with Crippen LogP contribution in [0.25, 0.3) is 89.1 Å². The Morgan fingerprint density at radius 1 is 0.469 bits per heavy atom. The molecule has 3 heterocycles. The number of hydrogen-bond donors (Lipinski definition) is 0. The van der Waals surface area contributed by atoms with Crippen molar-refractivity contribution in [3.63, 3.8) is 0 Å². The first kappa shape index (κ1) is 27.6. The maximum absolute atomic E-state index is 6.64. The molecule has 5 nitrogen and oxygen atoms in total. The lowest BCUT2D eigenvalue weighted by atomic mass is 9.92. The fourth-order valence-corrected chi connectivity index (χ4v) is 7.25. The summed E-state index contributed by atoms with van der Waals surface area (Å²) in [7, 11) is 0. The van der Waals surface area contributed by atoms with E-state index in [0.29, 0.717) is 17.5 Å². The fraction of sp³-hybridized carbons (Fsp3) is 0.0455. The number of hydrogen-bond acceptors (Lipinski definition) is 5. The number of pyridine rings is 1. The van der Waals surface area contributed by atoms with Gasteiger partial charge in [-0.1, -0.05) is 121 Å². The molecule has 3 aromatic heterocycles. The normalized spacial score (nSPS) is 12.3. The van der Waals surface area contributed by atoms with Crippen molar-refractivity contribution in [2.45, 2.75) is 12.8 Å². The second kappa shape index (κ2) is 11.1. The van der Waals surface area contributed by atoms with Crippen LogP contribution in [0.1, 0.15) is 11.3 Å². The molecule has 0 atom stereocenters. The molecule has 0 radical (unpaired) electrons. The molecule has 5 heteroatoms. The summed E-state index contributed by atoms with van der Waals surface area (Å²) in [4.78, 5) is 20.1. The van der Waals surface area contributed by atoms with Gasteiger partial charge in [-0.2, -0.15) is 0 Å². The summed E-state index contributed by atoms with van der Waals surface area (Å²) >= 11 is 0. The number of rotatable bonds is 4. The van der Waals surface area contributed by atoms with Crippen molar-refractivity contribution in [3.8, 4) is 56.5 Å². The third-order valence-electron chi connectivity index (χ3n) is 9.67. The van der Waals surface area contributed by atoms with Crippen molar-refractivity contribution in [1.29, 1.82) is 0 Å². The number of fused-ring (bicyclic) bond motifs is 7. The molecule has 6 aromatic carbocycles. The van der Waals surface area contributed by atoms with Crippen molar-refractivity contribution in [2.75, 3.05) is 0 Å². The minimum absolute atomic E-state index is 0.573. The Labute approximate surface area is 282 Å². The Kier molecular flexibility index (Phi) is 6.24. The Hall–Kier alpha value is -6.46. The van der Waals surface area contributed by atoms with Gasteiger partial charge in [0.15, 0.2) is 17.5 Å². The van der Waals surface area contributed by atoms with Crippen LogP contribution in [-0.2, 0) is 12.8 Å². The SMILES string of the molecule is c1cnc2c(c1)CCc1oc3c(-c4nc(-c5ccc(-c6cccc7ccccc67)cc5)nc(-c5ccc6ccccc6c5)n4)cccc3c1-2. The predicted octanol–water partition coefficient (Wildman–Crippen LogP) is 10.8. The molecule has 10 rings (SSSR count). The highest BCUT2D eigenvalue weighted by Crippen LogP contribution is 2.43. The zero-order valence-electron chi connectivity index (χ0n) is 26.5. The van der Waals surface area contributed by atoms with Gasteiger partial charge in [0.05, 0.1) is 11.3 Å². The van der Waals surface area contributed by atoms with Gasteiger partial charge < -0.3 is 4.42 Å². The molecular formula is C44H28N4O. The van der Waals surface area contributed by atoms with Gasteiger partial charge in [0, 0.05) is 34.7 Å². The topological polar surface area (TPSA) is 64.7 Å². The Balaban J connectivity index is 1.15. The van der Waals surface area contributed by atoms with Crippen molar-refractivity contribution in [3.05, 3.63) is 157 Å². The predicted molar refractivity (Wildman–Crippen MR) is 197 cm³/mol. The van der Waals surface area contributed by atoms with Crippen molar-refractivity contribution in [1.82, 2.24) is 19.9 Å². The summed E-state index contributed by atoms with van der Waals surface area (Å²) in [5.41, 5.74) is 9.12. The third kappa shape index (κ3) is 4.62. The van der Waals surface area contributed by atoms with Crippen LogP contribution in [0, 0.1) is 0 Å². The van der Waals surface area contributed by atoms with Gasteiger partial charge in [-0.25, -0.2) is 15.0 Å². The molecule has 0 unspecified atom stereocenters. The molecule has 0 bridgehead atoms. The van der Waals surface area contributed by atoms with E-state index in [0.717, 1.165) is 68.5 Å². The van der Waals surface area contributed by atoms with Gasteiger partial charge in [-0.15, -0.1) is 0 Å². The lowest BCUT2D eigenvalue weighted by molar-refractivity contribution is 0.546. The second-order valence-corrected chi connectivity index (χ2v) is 12.6. The number of para-hydroxylation sites is 1. The molecule has 230 valence electrons. The van der Waals surface area contributed by atoms with Crippen LogP contribution < -0.4 is 0 Å². The van der Waals surface area contributed by atoms with Gasteiger partial charge in [0.25, 0.3) is 0 Å². The number of benzene rings is 6. The monoisotopic (exact) mass is 628 g/mol. The maximum atomic E-state index is 6.64. The van der Waals surface area contributed by atoms with Crippen LogP contribution in [0.5, 0.6) is 0 Å². The second-order valence-electron chi connectivity index (χ2n) is 12.6. The van der Waals surface area contributed by atoms with E-state index in [1.807, 2.05) is 18.3 Å². The third-order valence-corrected chi connectivity index (χ3v) is 9.67. The van der Waals surface area contributed by atoms with E-state index < -0.39 is 0 Å². The van der Waals surface area contributed by atoms with Crippen molar-refractivity contribution < 1.29 is 4.42 Å². The Morgan fingerprint density at radius 3 is 2.04 bits per heavy atom. The first-order valence-corrected chi connectivity index (χ1v) is 16.6. The van der Waals surface area contributed by atoms with Gasteiger partial charge in [0.2, 0.25) is 0 Å². The van der Waals surface area contributed by atoms with E-state index in [4.69, 9.17) is 24.4 Å². The lowest BCUT2D eigenvalue weighted by Crippen LogP contribution is -2.03. The van der Waals surface area contributed by atoms with Gasteiger partial charge in [-0.3, -0.25) is 4.98 Å². The van der Waals surface area contributed by atoms with Crippen molar-refractivity contribution in [2.24, 2.45) is 0 Å². The summed E-state index contributed by atoms with van der Waals surface area (Å²) in [6, 6.07) is 48.5. The van der Waals surface area contributed by atoms with Crippen molar-refractivity contribution >= 4 is 32.5 Å². The largest absolute Gasteiger partial charge is 0.460 e. The molecule has 1 aliphatic carbocycles. The van der Waals surface area contributed by atoms with E-state index >= 15 is 0 Å². The van der Waals surface area contributed by atoms with Gasteiger partial charge in [-0.05, 0) is 62.9 Å². The molecule has 0 saturated heterocycles. The summed E-state index contributed by atoms with van der Waals surface area (Å²) < 4.78 is 6.64. The van der Waals surface area contributed by atoms with E-state index in [2.05, 4.69) is 127 Å². The van der Waals surface area contributed by atoms with Crippen LogP contribution in [0.4, 0.5) is 0 Å². The number of aryl methyl sites for hydroxylation is 2. The average Bonchev–Trinajstić information content (AvgIpc) is 3.57. The minimum atomic E-state index is 0.573. The number of nitrogens with zero attached hydrogens (tertiary/aromatic N) is 4. The van der Waals surface area contributed by atoms with Gasteiger partial charge >= 0.3 is 0 Å². The molecule has 9 aromatic rings. The van der Waals surface area contributed by atoms with E-state index in [9.17, 15) is 0 Å². The first-order chi connectivity index (χ1) is 24.3. The zero-order valence-corrected chi connectivity index (χ0v) is 26.5. The summed E-state index contributed by atoms with van der Waals surface area (Å²) in [5, 5.41) is 5.78. The van der Waals surface area contributed by atoms with E-state index in [1.54, 1.807) is 0 Å². The molecule has 0 fully saturated rings. The molecule has 1 aliphatic rings. The highest BCUT2D eigenvalue weighted by molar-refractivity contribution is 6.02. The smallest absolute Gasteiger partial charge is 0.167 e. The highest BCUT2D eigenvalue weighted by Gasteiger charge is 2.26.